The van der Waals surface area contributed by atoms with Crippen molar-refractivity contribution in [3.8, 4) is 5.75 Å². The SMILES string of the molecule is CC1CCC(C)(Oc2cccc3c2CNCC3)CC1. The van der Waals surface area contributed by atoms with Crippen LogP contribution in [0.4, 0.5) is 0 Å². The molecule has 0 unspecified atom stereocenters. The van der Waals surface area contributed by atoms with E-state index in [1.54, 1.807) is 0 Å². The van der Waals surface area contributed by atoms with Gasteiger partial charge in [-0.25, -0.2) is 0 Å². The summed E-state index contributed by atoms with van der Waals surface area (Å²) in [6, 6.07) is 6.54. The van der Waals surface area contributed by atoms with Gasteiger partial charge in [0.05, 0.1) is 0 Å². The zero-order valence-corrected chi connectivity index (χ0v) is 12.2. The second-order valence-corrected chi connectivity index (χ2v) is 6.56. The normalized spacial score (nSPS) is 30.7. The molecular weight excluding hydrogens is 234 g/mol. The average Bonchev–Trinajstić information content (AvgIpc) is 2.43. The van der Waals surface area contributed by atoms with E-state index in [1.165, 1.54) is 36.8 Å². The van der Waals surface area contributed by atoms with Crippen molar-refractivity contribution >= 4 is 0 Å². The molecule has 1 N–H and O–H groups in total. The van der Waals surface area contributed by atoms with Crippen molar-refractivity contribution in [1.82, 2.24) is 5.32 Å². The minimum atomic E-state index is 0.0408. The van der Waals surface area contributed by atoms with Crippen molar-refractivity contribution in [3.05, 3.63) is 29.3 Å². The maximum Gasteiger partial charge on any atom is 0.124 e. The van der Waals surface area contributed by atoms with E-state index in [-0.39, 0.29) is 5.60 Å². The van der Waals surface area contributed by atoms with Crippen LogP contribution in [-0.4, -0.2) is 12.1 Å². The highest BCUT2D eigenvalue weighted by molar-refractivity contribution is 5.42. The van der Waals surface area contributed by atoms with Crippen LogP contribution < -0.4 is 10.1 Å². The van der Waals surface area contributed by atoms with Gasteiger partial charge in [-0.3, -0.25) is 0 Å². The molecule has 2 aliphatic rings. The highest BCUT2D eigenvalue weighted by atomic mass is 16.5. The largest absolute Gasteiger partial charge is 0.487 e. The summed E-state index contributed by atoms with van der Waals surface area (Å²) >= 11 is 0. The van der Waals surface area contributed by atoms with Gasteiger partial charge in [0.15, 0.2) is 0 Å². The Labute approximate surface area is 116 Å². The molecule has 0 bridgehead atoms. The Morgan fingerprint density at radius 2 is 2.05 bits per heavy atom. The molecule has 2 heteroatoms. The molecule has 1 fully saturated rings. The molecule has 2 nitrogen and oxygen atoms in total. The average molecular weight is 259 g/mol. The predicted molar refractivity (Wildman–Crippen MR) is 78.5 cm³/mol. The zero-order chi connectivity index (χ0) is 13.3. The molecular formula is C17H25NO. The highest BCUT2D eigenvalue weighted by Gasteiger charge is 2.32. The summed E-state index contributed by atoms with van der Waals surface area (Å²) in [5, 5.41) is 3.46. The number of hydrogen-bond donors (Lipinski definition) is 1. The van der Waals surface area contributed by atoms with Gasteiger partial charge < -0.3 is 10.1 Å². The van der Waals surface area contributed by atoms with Crippen LogP contribution in [0.1, 0.15) is 50.7 Å². The summed E-state index contributed by atoms with van der Waals surface area (Å²) in [5.74, 6) is 1.98. The lowest BCUT2D eigenvalue weighted by Gasteiger charge is -2.37. The van der Waals surface area contributed by atoms with Crippen molar-refractivity contribution in [1.29, 1.82) is 0 Å². The van der Waals surface area contributed by atoms with E-state index in [0.717, 1.165) is 31.2 Å². The quantitative estimate of drug-likeness (QED) is 0.875. The molecule has 19 heavy (non-hydrogen) atoms. The standard InChI is InChI=1S/C17H25NO/c1-13-6-9-17(2,10-7-13)19-16-5-3-4-14-8-11-18-12-15(14)16/h3-5,13,18H,6-12H2,1-2H3. The fourth-order valence-corrected chi connectivity index (χ4v) is 3.32. The van der Waals surface area contributed by atoms with E-state index in [9.17, 15) is 0 Å². The third-order valence-electron chi connectivity index (χ3n) is 4.79. The first-order valence-electron chi connectivity index (χ1n) is 7.67. The maximum atomic E-state index is 6.45. The van der Waals surface area contributed by atoms with Gasteiger partial charge in [0, 0.05) is 12.1 Å². The Morgan fingerprint density at radius 3 is 2.84 bits per heavy atom. The van der Waals surface area contributed by atoms with Crippen LogP contribution in [0.2, 0.25) is 0 Å². The third kappa shape index (κ3) is 2.79. The van der Waals surface area contributed by atoms with Crippen molar-refractivity contribution in [3.63, 3.8) is 0 Å². The first kappa shape index (κ1) is 13.0. The Balaban J connectivity index is 1.79. The maximum absolute atomic E-state index is 6.45. The number of rotatable bonds is 2. The Kier molecular flexibility index (Phi) is 3.53. The molecule has 0 spiro atoms. The second-order valence-electron chi connectivity index (χ2n) is 6.56. The summed E-state index contributed by atoms with van der Waals surface area (Å²) < 4.78 is 6.45. The minimum Gasteiger partial charge on any atom is -0.487 e. The van der Waals surface area contributed by atoms with Gasteiger partial charge in [0.1, 0.15) is 11.4 Å². The number of ether oxygens (including phenoxy) is 1. The van der Waals surface area contributed by atoms with E-state index in [2.05, 4.69) is 37.4 Å². The molecule has 0 saturated heterocycles. The molecule has 0 amide bonds. The molecule has 3 rings (SSSR count). The molecule has 1 saturated carbocycles. The summed E-state index contributed by atoms with van der Waals surface area (Å²) in [6.07, 6.45) is 6.09. The van der Waals surface area contributed by atoms with Crippen LogP contribution in [0.25, 0.3) is 0 Å². The summed E-state index contributed by atoms with van der Waals surface area (Å²) in [7, 11) is 0. The molecule has 1 aliphatic heterocycles. The van der Waals surface area contributed by atoms with Crippen LogP contribution in [0.5, 0.6) is 5.75 Å². The molecule has 1 aliphatic carbocycles. The fraction of sp³-hybridized carbons (Fsp3) is 0.647. The van der Waals surface area contributed by atoms with E-state index in [4.69, 9.17) is 4.74 Å². The summed E-state index contributed by atoms with van der Waals surface area (Å²) in [6.45, 7) is 6.69. The van der Waals surface area contributed by atoms with Gasteiger partial charge in [-0.1, -0.05) is 19.1 Å². The third-order valence-corrected chi connectivity index (χ3v) is 4.79. The Morgan fingerprint density at radius 1 is 1.26 bits per heavy atom. The molecule has 0 aromatic heterocycles. The first-order chi connectivity index (χ1) is 9.16. The van der Waals surface area contributed by atoms with Gasteiger partial charge in [0.2, 0.25) is 0 Å². The number of fused-ring (bicyclic) bond motifs is 1. The monoisotopic (exact) mass is 259 g/mol. The number of nitrogens with one attached hydrogen (secondary N) is 1. The second kappa shape index (κ2) is 5.16. The van der Waals surface area contributed by atoms with Crippen LogP contribution in [0, 0.1) is 5.92 Å². The number of hydrogen-bond acceptors (Lipinski definition) is 2. The highest BCUT2D eigenvalue weighted by Crippen LogP contribution is 2.37. The van der Waals surface area contributed by atoms with Crippen LogP contribution in [0.3, 0.4) is 0 Å². The summed E-state index contributed by atoms with van der Waals surface area (Å²) in [5.41, 5.74) is 2.89. The molecule has 1 aromatic carbocycles. The van der Waals surface area contributed by atoms with Gasteiger partial charge in [0.25, 0.3) is 0 Å². The molecule has 0 atom stereocenters. The molecule has 0 radical (unpaired) electrons. The van der Waals surface area contributed by atoms with Gasteiger partial charge in [-0.2, -0.15) is 0 Å². The lowest BCUT2D eigenvalue weighted by Crippen LogP contribution is -2.37. The van der Waals surface area contributed by atoms with Crippen molar-refractivity contribution in [2.75, 3.05) is 6.54 Å². The fourth-order valence-electron chi connectivity index (χ4n) is 3.32. The lowest BCUT2D eigenvalue weighted by molar-refractivity contribution is 0.0342. The Bertz CT molecular complexity index is 447. The van der Waals surface area contributed by atoms with E-state index in [0.29, 0.717) is 0 Å². The first-order valence-corrected chi connectivity index (χ1v) is 7.67. The van der Waals surface area contributed by atoms with E-state index >= 15 is 0 Å². The van der Waals surface area contributed by atoms with E-state index < -0.39 is 0 Å². The van der Waals surface area contributed by atoms with E-state index in [1.807, 2.05) is 0 Å². The van der Waals surface area contributed by atoms with Crippen LogP contribution in [-0.2, 0) is 13.0 Å². The lowest BCUT2D eigenvalue weighted by atomic mass is 9.80. The summed E-state index contributed by atoms with van der Waals surface area (Å²) in [4.78, 5) is 0. The molecule has 1 heterocycles. The minimum absolute atomic E-state index is 0.0408. The van der Waals surface area contributed by atoms with Crippen molar-refractivity contribution in [2.45, 2.75) is 58.1 Å². The van der Waals surface area contributed by atoms with Crippen molar-refractivity contribution in [2.24, 2.45) is 5.92 Å². The Hall–Kier alpha value is -1.02. The molecule has 1 aromatic rings. The van der Waals surface area contributed by atoms with Gasteiger partial charge in [-0.05, 0) is 63.1 Å². The number of benzene rings is 1. The molecule has 104 valence electrons. The predicted octanol–water partition coefficient (Wildman–Crippen LogP) is 3.68. The van der Waals surface area contributed by atoms with Crippen LogP contribution >= 0.6 is 0 Å². The smallest absolute Gasteiger partial charge is 0.124 e. The van der Waals surface area contributed by atoms with Gasteiger partial charge in [-0.15, -0.1) is 0 Å². The van der Waals surface area contributed by atoms with Crippen molar-refractivity contribution < 1.29 is 4.74 Å². The topological polar surface area (TPSA) is 21.3 Å². The van der Waals surface area contributed by atoms with Gasteiger partial charge >= 0.3 is 0 Å². The zero-order valence-electron chi connectivity index (χ0n) is 12.2. The van der Waals surface area contributed by atoms with Crippen LogP contribution in [0.15, 0.2) is 18.2 Å².